The second-order valence-electron chi connectivity index (χ2n) is 5.86. The highest BCUT2D eigenvalue weighted by atomic mass is 16.5. The minimum absolute atomic E-state index is 0.0289. The Morgan fingerprint density at radius 3 is 2.92 bits per heavy atom. The maximum Gasteiger partial charge on any atom is 0.316 e. The van der Waals surface area contributed by atoms with Gasteiger partial charge in [0, 0.05) is 18.9 Å². The van der Waals surface area contributed by atoms with Crippen molar-refractivity contribution in [2.24, 2.45) is 0 Å². The Bertz CT molecular complexity index is 678. The molecule has 3 rings (SSSR count). The second kappa shape index (κ2) is 7.77. The summed E-state index contributed by atoms with van der Waals surface area (Å²) >= 11 is 0. The van der Waals surface area contributed by atoms with Crippen molar-refractivity contribution in [2.75, 3.05) is 19.7 Å². The minimum atomic E-state index is -0.0796. The molecule has 24 heavy (non-hydrogen) atoms. The molecule has 0 radical (unpaired) electrons. The maximum atomic E-state index is 12.4. The van der Waals surface area contributed by atoms with Gasteiger partial charge in [0.25, 0.3) is 5.91 Å². The Morgan fingerprint density at radius 2 is 2.12 bits per heavy atom. The maximum absolute atomic E-state index is 12.4. The van der Waals surface area contributed by atoms with E-state index in [1.807, 2.05) is 31.2 Å². The van der Waals surface area contributed by atoms with Gasteiger partial charge < -0.3 is 14.4 Å². The lowest BCUT2D eigenvalue weighted by Gasteiger charge is -2.32. The van der Waals surface area contributed by atoms with Crippen LogP contribution in [0, 0.1) is 6.92 Å². The van der Waals surface area contributed by atoms with Crippen LogP contribution in [0.2, 0.25) is 0 Å². The summed E-state index contributed by atoms with van der Waals surface area (Å²) in [5.41, 5.74) is 1.11. The standard InChI is InChI=1S/C18H21N3O3/c1-14-5-2-6-15(11-14)23-13-17(22)21-10-3-7-16(12-21)24-18-19-8-4-9-20-18/h2,4-6,8-9,11,16H,3,7,10,12-13H2,1H3/t16-/m0/s1. The minimum Gasteiger partial charge on any atom is -0.484 e. The molecule has 0 saturated carbocycles. The lowest BCUT2D eigenvalue weighted by Crippen LogP contribution is -2.46. The molecule has 1 aliphatic heterocycles. The summed E-state index contributed by atoms with van der Waals surface area (Å²) in [5, 5.41) is 0. The fourth-order valence-electron chi connectivity index (χ4n) is 2.70. The molecular weight excluding hydrogens is 306 g/mol. The van der Waals surface area contributed by atoms with Gasteiger partial charge in [-0.2, -0.15) is 0 Å². The Labute approximate surface area is 141 Å². The molecule has 1 aliphatic rings. The van der Waals surface area contributed by atoms with Crippen LogP contribution in [0.1, 0.15) is 18.4 Å². The third-order valence-corrected chi connectivity index (χ3v) is 3.90. The van der Waals surface area contributed by atoms with Crippen LogP contribution in [-0.4, -0.2) is 46.6 Å². The van der Waals surface area contributed by atoms with Gasteiger partial charge >= 0.3 is 6.01 Å². The van der Waals surface area contributed by atoms with Gasteiger partial charge in [-0.25, -0.2) is 9.97 Å². The second-order valence-corrected chi connectivity index (χ2v) is 5.86. The van der Waals surface area contributed by atoms with Crippen LogP contribution in [0.3, 0.4) is 0 Å². The fraction of sp³-hybridized carbons (Fsp3) is 0.389. The molecule has 1 aromatic heterocycles. The summed E-state index contributed by atoms with van der Waals surface area (Å²) in [7, 11) is 0. The Kier molecular flexibility index (Phi) is 5.25. The topological polar surface area (TPSA) is 64.5 Å². The molecule has 6 nitrogen and oxygen atoms in total. The molecule has 0 bridgehead atoms. The summed E-state index contributed by atoms with van der Waals surface area (Å²) < 4.78 is 11.4. The van der Waals surface area contributed by atoms with Crippen molar-refractivity contribution < 1.29 is 14.3 Å². The number of rotatable bonds is 5. The van der Waals surface area contributed by atoms with Crippen molar-refractivity contribution in [3.8, 4) is 11.8 Å². The van der Waals surface area contributed by atoms with E-state index in [9.17, 15) is 4.79 Å². The average Bonchev–Trinajstić information content (AvgIpc) is 2.61. The molecule has 2 aromatic rings. The van der Waals surface area contributed by atoms with E-state index in [2.05, 4.69) is 9.97 Å². The van der Waals surface area contributed by atoms with Crippen molar-refractivity contribution in [2.45, 2.75) is 25.9 Å². The molecule has 6 heteroatoms. The van der Waals surface area contributed by atoms with Gasteiger partial charge in [-0.15, -0.1) is 0 Å². The van der Waals surface area contributed by atoms with Crippen molar-refractivity contribution in [3.63, 3.8) is 0 Å². The molecule has 126 valence electrons. The summed E-state index contributed by atoms with van der Waals surface area (Å²) in [5.74, 6) is 0.685. The van der Waals surface area contributed by atoms with Gasteiger partial charge in [0.1, 0.15) is 11.9 Å². The molecule has 1 atom stereocenters. The molecule has 0 aliphatic carbocycles. The number of carbonyl (C=O) groups excluding carboxylic acids is 1. The van der Waals surface area contributed by atoms with E-state index in [1.165, 1.54) is 0 Å². The lowest BCUT2D eigenvalue weighted by molar-refractivity contribution is -0.136. The predicted octanol–water partition coefficient (Wildman–Crippen LogP) is 2.23. The van der Waals surface area contributed by atoms with Crippen LogP contribution in [0.25, 0.3) is 0 Å². The van der Waals surface area contributed by atoms with Crippen molar-refractivity contribution >= 4 is 5.91 Å². The van der Waals surface area contributed by atoms with Crippen LogP contribution in [0.5, 0.6) is 11.8 Å². The first-order valence-corrected chi connectivity index (χ1v) is 8.11. The molecule has 0 spiro atoms. The molecule has 2 heterocycles. The van der Waals surface area contributed by atoms with Crippen molar-refractivity contribution in [1.29, 1.82) is 0 Å². The number of aromatic nitrogens is 2. The van der Waals surface area contributed by atoms with E-state index in [0.717, 1.165) is 24.9 Å². The van der Waals surface area contributed by atoms with E-state index < -0.39 is 0 Å². The van der Waals surface area contributed by atoms with E-state index in [0.29, 0.717) is 18.3 Å². The van der Waals surface area contributed by atoms with Gasteiger partial charge in [-0.3, -0.25) is 4.79 Å². The number of carbonyl (C=O) groups is 1. The van der Waals surface area contributed by atoms with Crippen LogP contribution in [-0.2, 0) is 4.79 Å². The largest absolute Gasteiger partial charge is 0.484 e. The average molecular weight is 327 g/mol. The van der Waals surface area contributed by atoms with Crippen LogP contribution < -0.4 is 9.47 Å². The zero-order valence-corrected chi connectivity index (χ0v) is 13.7. The van der Waals surface area contributed by atoms with E-state index in [-0.39, 0.29) is 18.6 Å². The number of hydrogen-bond acceptors (Lipinski definition) is 5. The first-order chi connectivity index (χ1) is 11.7. The quantitative estimate of drug-likeness (QED) is 0.842. The molecule has 0 unspecified atom stereocenters. The number of nitrogens with zero attached hydrogens (tertiary/aromatic N) is 3. The third-order valence-electron chi connectivity index (χ3n) is 3.90. The smallest absolute Gasteiger partial charge is 0.316 e. The van der Waals surface area contributed by atoms with Crippen molar-refractivity contribution in [3.05, 3.63) is 48.3 Å². The summed E-state index contributed by atoms with van der Waals surface area (Å²) in [4.78, 5) is 22.3. The van der Waals surface area contributed by atoms with Gasteiger partial charge in [-0.05, 0) is 43.5 Å². The van der Waals surface area contributed by atoms with Gasteiger partial charge in [0.15, 0.2) is 6.61 Å². The normalized spacial score (nSPS) is 17.4. The highest BCUT2D eigenvalue weighted by molar-refractivity contribution is 5.77. The zero-order valence-electron chi connectivity index (χ0n) is 13.7. The Balaban J connectivity index is 1.51. The van der Waals surface area contributed by atoms with Gasteiger partial charge in [0.2, 0.25) is 0 Å². The number of ether oxygens (including phenoxy) is 2. The summed E-state index contributed by atoms with van der Waals surface area (Å²) in [6.07, 6.45) is 4.99. The fourth-order valence-corrected chi connectivity index (χ4v) is 2.70. The first kappa shape index (κ1) is 16.2. The first-order valence-electron chi connectivity index (χ1n) is 8.11. The Morgan fingerprint density at radius 1 is 1.29 bits per heavy atom. The number of aryl methyl sites for hydroxylation is 1. The molecule has 0 N–H and O–H groups in total. The predicted molar refractivity (Wildman–Crippen MR) is 88.9 cm³/mol. The van der Waals surface area contributed by atoms with E-state index in [1.54, 1.807) is 23.4 Å². The van der Waals surface area contributed by atoms with E-state index in [4.69, 9.17) is 9.47 Å². The highest BCUT2D eigenvalue weighted by Gasteiger charge is 2.25. The molecule has 1 fully saturated rings. The van der Waals surface area contributed by atoms with Crippen molar-refractivity contribution in [1.82, 2.24) is 14.9 Å². The molecule has 1 aromatic carbocycles. The number of amides is 1. The summed E-state index contributed by atoms with van der Waals surface area (Å²) in [6.45, 7) is 3.30. The molecule has 1 amide bonds. The number of piperidine rings is 1. The number of hydrogen-bond donors (Lipinski definition) is 0. The molecular formula is C18H21N3O3. The lowest BCUT2D eigenvalue weighted by atomic mass is 10.1. The summed E-state index contributed by atoms with van der Waals surface area (Å²) in [6, 6.07) is 9.78. The van der Waals surface area contributed by atoms with Crippen LogP contribution >= 0.6 is 0 Å². The monoisotopic (exact) mass is 327 g/mol. The SMILES string of the molecule is Cc1cccc(OCC(=O)N2CCC[C@H](Oc3ncccn3)C2)c1. The van der Waals surface area contributed by atoms with Crippen LogP contribution in [0.4, 0.5) is 0 Å². The van der Waals surface area contributed by atoms with E-state index >= 15 is 0 Å². The van der Waals surface area contributed by atoms with Gasteiger partial charge in [0.05, 0.1) is 6.54 Å². The van der Waals surface area contributed by atoms with Gasteiger partial charge in [-0.1, -0.05) is 12.1 Å². The van der Waals surface area contributed by atoms with Crippen LogP contribution in [0.15, 0.2) is 42.7 Å². The third kappa shape index (κ3) is 4.44. The zero-order chi connectivity index (χ0) is 16.8. The highest BCUT2D eigenvalue weighted by Crippen LogP contribution is 2.16. The molecule has 1 saturated heterocycles. The number of benzene rings is 1. The Hall–Kier alpha value is -2.63. The number of likely N-dealkylation sites (tertiary alicyclic amines) is 1.